The van der Waals surface area contributed by atoms with Crippen LogP contribution in [0.3, 0.4) is 0 Å². The molecule has 2 amide bonds. The van der Waals surface area contributed by atoms with Gasteiger partial charge in [-0.05, 0) is 37.5 Å². The van der Waals surface area contributed by atoms with Crippen molar-refractivity contribution in [3.8, 4) is 0 Å². The molecule has 25 heavy (non-hydrogen) atoms. The van der Waals surface area contributed by atoms with Crippen molar-refractivity contribution in [3.05, 3.63) is 23.8 Å². The summed E-state index contributed by atoms with van der Waals surface area (Å²) >= 11 is 0. The minimum absolute atomic E-state index is 0.0732. The van der Waals surface area contributed by atoms with E-state index in [2.05, 4.69) is 10.6 Å². The zero-order chi connectivity index (χ0) is 17.6. The predicted molar refractivity (Wildman–Crippen MR) is 95.1 cm³/mol. The fourth-order valence-electron chi connectivity index (χ4n) is 3.07. The lowest BCUT2D eigenvalue weighted by Crippen LogP contribution is -2.35. The van der Waals surface area contributed by atoms with Gasteiger partial charge in [0.15, 0.2) is 0 Å². The molecule has 7 heteroatoms. The van der Waals surface area contributed by atoms with Crippen LogP contribution in [0.1, 0.15) is 29.6 Å². The molecule has 1 atom stereocenters. The highest BCUT2D eigenvalue weighted by Crippen LogP contribution is 2.29. The number of nitrogens with one attached hydrogen (secondary N) is 2. The molecule has 2 N–H and O–H groups in total. The van der Waals surface area contributed by atoms with Crippen LogP contribution in [0.5, 0.6) is 0 Å². The molecule has 1 aromatic carbocycles. The number of carbonyl (C=O) groups is 2. The van der Waals surface area contributed by atoms with Crippen LogP contribution in [-0.2, 0) is 14.3 Å². The Morgan fingerprint density at radius 3 is 3.16 bits per heavy atom. The summed E-state index contributed by atoms with van der Waals surface area (Å²) in [6.45, 7) is 2.94. The highest BCUT2D eigenvalue weighted by atomic mass is 16.5. The van der Waals surface area contributed by atoms with Gasteiger partial charge in [-0.2, -0.15) is 0 Å². The topological polar surface area (TPSA) is 79.9 Å². The third-order valence-electron chi connectivity index (χ3n) is 4.40. The molecule has 3 rings (SSSR count). The van der Waals surface area contributed by atoms with Gasteiger partial charge in [-0.15, -0.1) is 0 Å². The quantitative estimate of drug-likeness (QED) is 0.729. The molecule has 0 aliphatic carbocycles. The summed E-state index contributed by atoms with van der Waals surface area (Å²) in [5.41, 5.74) is 2.12. The molecule has 0 unspecified atom stereocenters. The Hall–Kier alpha value is -2.12. The third kappa shape index (κ3) is 4.70. The number of anilines is 2. The SMILES string of the molecule is CN1CC(=O)Nc2cc(C(=O)NCCCOC[C@H]3CCCO3)ccc21. The van der Waals surface area contributed by atoms with E-state index in [4.69, 9.17) is 9.47 Å². The number of hydrogen-bond acceptors (Lipinski definition) is 5. The number of nitrogens with zero attached hydrogens (tertiary/aromatic N) is 1. The minimum Gasteiger partial charge on any atom is -0.379 e. The number of benzene rings is 1. The zero-order valence-corrected chi connectivity index (χ0v) is 14.5. The maximum Gasteiger partial charge on any atom is 0.251 e. The summed E-state index contributed by atoms with van der Waals surface area (Å²) in [7, 11) is 1.86. The highest BCUT2D eigenvalue weighted by molar-refractivity contribution is 6.03. The number of likely N-dealkylation sites (N-methyl/N-ethyl adjacent to an activating group) is 1. The summed E-state index contributed by atoms with van der Waals surface area (Å²) in [5, 5.41) is 5.68. The van der Waals surface area contributed by atoms with Crippen molar-refractivity contribution < 1.29 is 19.1 Å². The Kier molecular flexibility index (Phi) is 5.88. The van der Waals surface area contributed by atoms with Gasteiger partial charge in [-0.3, -0.25) is 9.59 Å². The van der Waals surface area contributed by atoms with Crippen molar-refractivity contribution in [1.82, 2.24) is 5.32 Å². The number of hydrogen-bond donors (Lipinski definition) is 2. The average Bonchev–Trinajstić information content (AvgIpc) is 3.10. The van der Waals surface area contributed by atoms with Crippen LogP contribution in [-0.4, -0.2) is 57.9 Å². The van der Waals surface area contributed by atoms with E-state index in [1.54, 1.807) is 12.1 Å². The van der Waals surface area contributed by atoms with Crippen LogP contribution >= 0.6 is 0 Å². The molecule has 0 aromatic heterocycles. The summed E-state index contributed by atoms with van der Waals surface area (Å²) in [4.78, 5) is 25.7. The van der Waals surface area contributed by atoms with Crippen molar-refractivity contribution in [2.75, 3.05) is 50.2 Å². The van der Waals surface area contributed by atoms with E-state index in [9.17, 15) is 9.59 Å². The van der Waals surface area contributed by atoms with Crippen molar-refractivity contribution >= 4 is 23.2 Å². The largest absolute Gasteiger partial charge is 0.379 e. The fraction of sp³-hybridized carbons (Fsp3) is 0.556. The Morgan fingerprint density at radius 2 is 2.36 bits per heavy atom. The standard InChI is InChI=1S/C18H25N3O4/c1-21-11-17(22)20-15-10-13(5-6-16(15)21)18(23)19-7-3-8-24-12-14-4-2-9-25-14/h5-6,10,14H,2-4,7-9,11-12H2,1H3,(H,19,23)(H,20,22)/t14-/m1/s1. The first-order valence-corrected chi connectivity index (χ1v) is 8.76. The molecule has 0 bridgehead atoms. The second kappa shape index (κ2) is 8.31. The lowest BCUT2D eigenvalue weighted by Gasteiger charge is -2.27. The van der Waals surface area contributed by atoms with E-state index < -0.39 is 0 Å². The molecule has 7 nitrogen and oxygen atoms in total. The van der Waals surface area contributed by atoms with Gasteiger partial charge in [-0.1, -0.05) is 0 Å². The van der Waals surface area contributed by atoms with Crippen molar-refractivity contribution in [2.24, 2.45) is 0 Å². The molecule has 2 aliphatic heterocycles. The van der Waals surface area contributed by atoms with Crippen molar-refractivity contribution in [3.63, 3.8) is 0 Å². The number of amides is 2. The summed E-state index contributed by atoms with van der Waals surface area (Å²) in [6.07, 6.45) is 3.17. The Balaban J connectivity index is 1.41. The first-order chi connectivity index (χ1) is 12.1. The van der Waals surface area contributed by atoms with E-state index >= 15 is 0 Å². The maximum atomic E-state index is 12.2. The molecule has 0 spiro atoms. The van der Waals surface area contributed by atoms with E-state index in [0.717, 1.165) is 31.6 Å². The molecule has 0 saturated carbocycles. The van der Waals surface area contributed by atoms with E-state index in [-0.39, 0.29) is 17.9 Å². The van der Waals surface area contributed by atoms with Crippen LogP contribution in [0.25, 0.3) is 0 Å². The molecule has 0 radical (unpaired) electrons. The average molecular weight is 347 g/mol. The molecule has 1 saturated heterocycles. The Bertz CT molecular complexity index is 629. The van der Waals surface area contributed by atoms with Gasteiger partial charge in [0.25, 0.3) is 5.91 Å². The minimum atomic E-state index is -0.149. The van der Waals surface area contributed by atoms with Gasteiger partial charge in [-0.25, -0.2) is 0 Å². The number of fused-ring (bicyclic) bond motifs is 1. The molecule has 136 valence electrons. The van der Waals surface area contributed by atoms with Crippen LogP contribution < -0.4 is 15.5 Å². The number of rotatable bonds is 7. The zero-order valence-electron chi connectivity index (χ0n) is 14.5. The number of ether oxygens (including phenoxy) is 2. The lowest BCUT2D eigenvalue weighted by molar-refractivity contribution is -0.115. The fourth-order valence-corrected chi connectivity index (χ4v) is 3.07. The molecular weight excluding hydrogens is 322 g/mol. The summed E-state index contributed by atoms with van der Waals surface area (Å²) < 4.78 is 11.1. The summed E-state index contributed by atoms with van der Waals surface area (Å²) in [6, 6.07) is 5.34. The van der Waals surface area contributed by atoms with Crippen molar-refractivity contribution in [1.29, 1.82) is 0 Å². The van der Waals surface area contributed by atoms with Gasteiger partial charge < -0.3 is 25.0 Å². The number of carbonyl (C=O) groups excluding carboxylic acids is 2. The monoisotopic (exact) mass is 347 g/mol. The van der Waals surface area contributed by atoms with E-state index in [1.807, 2.05) is 18.0 Å². The first-order valence-electron chi connectivity index (χ1n) is 8.76. The van der Waals surface area contributed by atoms with Crippen LogP contribution in [0.2, 0.25) is 0 Å². The van der Waals surface area contributed by atoms with E-state index in [1.165, 1.54) is 0 Å². The van der Waals surface area contributed by atoms with Crippen molar-refractivity contribution in [2.45, 2.75) is 25.4 Å². The Labute approximate surface area is 147 Å². The summed E-state index contributed by atoms with van der Waals surface area (Å²) in [5.74, 6) is -0.222. The molecule has 1 aromatic rings. The third-order valence-corrected chi connectivity index (χ3v) is 4.40. The molecule has 1 fully saturated rings. The normalized spacial score (nSPS) is 19.5. The van der Waals surface area contributed by atoms with Gasteiger partial charge in [0, 0.05) is 32.4 Å². The highest BCUT2D eigenvalue weighted by Gasteiger charge is 2.20. The predicted octanol–water partition coefficient (Wildman–Crippen LogP) is 1.39. The second-order valence-electron chi connectivity index (χ2n) is 6.46. The van der Waals surface area contributed by atoms with Gasteiger partial charge in [0.2, 0.25) is 5.91 Å². The van der Waals surface area contributed by atoms with Gasteiger partial charge in [0.05, 0.1) is 30.6 Å². The van der Waals surface area contributed by atoms with Crippen LogP contribution in [0.15, 0.2) is 18.2 Å². The van der Waals surface area contributed by atoms with E-state index in [0.29, 0.717) is 37.6 Å². The maximum absolute atomic E-state index is 12.2. The van der Waals surface area contributed by atoms with Crippen LogP contribution in [0, 0.1) is 0 Å². The van der Waals surface area contributed by atoms with Crippen LogP contribution in [0.4, 0.5) is 11.4 Å². The first kappa shape index (κ1) is 17.7. The van der Waals surface area contributed by atoms with Gasteiger partial charge in [0.1, 0.15) is 0 Å². The molecule has 2 heterocycles. The molecular formula is C18H25N3O4. The smallest absolute Gasteiger partial charge is 0.251 e. The van der Waals surface area contributed by atoms with Gasteiger partial charge >= 0.3 is 0 Å². The Morgan fingerprint density at radius 1 is 1.48 bits per heavy atom. The second-order valence-corrected chi connectivity index (χ2v) is 6.46. The lowest BCUT2D eigenvalue weighted by atomic mass is 10.1. The molecule has 2 aliphatic rings.